The molecule has 0 saturated heterocycles. The van der Waals surface area contributed by atoms with Gasteiger partial charge in [0.05, 0.1) is 5.69 Å². The third-order valence-corrected chi connectivity index (χ3v) is 5.22. The topological polar surface area (TPSA) is 99.6 Å². The van der Waals surface area contributed by atoms with E-state index in [0.29, 0.717) is 30.2 Å². The van der Waals surface area contributed by atoms with E-state index in [-0.39, 0.29) is 6.42 Å². The monoisotopic (exact) mass is 335 g/mol. The largest absolute Gasteiger partial charge is 0.481 e. The summed E-state index contributed by atoms with van der Waals surface area (Å²) in [6, 6.07) is 0. The summed E-state index contributed by atoms with van der Waals surface area (Å²) in [4.78, 5) is 14.6. The predicted octanol–water partition coefficient (Wildman–Crippen LogP) is 1.94. The Morgan fingerprint density at radius 1 is 1.48 bits per heavy atom. The Morgan fingerprint density at radius 3 is 2.81 bits per heavy atom. The molecular weight excluding hydrogens is 314 g/mol. The van der Waals surface area contributed by atoms with Gasteiger partial charge in [-0.2, -0.15) is 12.7 Å². The van der Waals surface area contributed by atoms with Gasteiger partial charge in [-0.15, -0.1) is 11.3 Å². The molecule has 0 unspecified atom stereocenters. The van der Waals surface area contributed by atoms with Crippen molar-refractivity contribution in [2.45, 2.75) is 39.0 Å². The summed E-state index contributed by atoms with van der Waals surface area (Å²) in [6.45, 7) is 2.46. The normalized spacial score (nSPS) is 11.8. The van der Waals surface area contributed by atoms with Crippen LogP contribution in [0.3, 0.4) is 0 Å². The molecular formula is C12H21N3O4S2. The molecule has 7 nitrogen and oxygen atoms in total. The summed E-state index contributed by atoms with van der Waals surface area (Å²) in [5, 5.41) is 10.6. The summed E-state index contributed by atoms with van der Waals surface area (Å²) in [7, 11) is -2.04. The molecule has 0 aliphatic rings. The SMILES string of the molecule is CCCCN(C)S(=O)(=O)Nc1nc(CCCC(=O)O)cs1. The van der Waals surface area contributed by atoms with Crippen molar-refractivity contribution in [3.05, 3.63) is 11.1 Å². The Morgan fingerprint density at radius 2 is 2.19 bits per heavy atom. The van der Waals surface area contributed by atoms with Crippen LogP contribution in [0.5, 0.6) is 0 Å². The van der Waals surface area contributed by atoms with Crippen molar-refractivity contribution in [1.29, 1.82) is 0 Å². The maximum Gasteiger partial charge on any atom is 0.303 e. The Labute approximate surface area is 129 Å². The number of anilines is 1. The number of carboxylic acid groups (broad SMARTS) is 1. The lowest BCUT2D eigenvalue weighted by Gasteiger charge is -2.16. The van der Waals surface area contributed by atoms with E-state index in [4.69, 9.17) is 5.11 Å². The van der Waals surface area contributed by atoms with E-state index in [1.54, 1.807) is 5.38 Å². The highest BCUT2D eigenvalue weighted by Crippen LogP contribution is 2.19. The van der Waals surface area contributed by atoms with Crippen LogP contribution in [0.4, 0.5) is 5.13 Å². The van der Waals surface area contributed by atoms with Gasteiger partial charge in [-0.3, -0.25) is 4.79 Å². The first kappa shape index (κ1) is 17.9. The quantitative estimate of drug-likeness (QED) is 0.680. The summed E-state index contributed by atoms with van der Waals surface area (Å²) >= 11 is 1.20. The van der Waals surface area contributed by atoms with E-state index < -0.39 is 16.2 Å². The lowest BCUT2D eigenvalue weighted by molar-refractivity contribution is -0.137. The highest BCUT2D eigenvalue weighted by Gasteiger charge is 2.18. The van der Waals surface area contributed by atoms with Crippen molar-refractivity contribution in [2.75, 3.05) is 18.3 Å². The average Bonchev–Trinajstić information content (AvgIpc) is 2.82. The molecule has 1 aromatic rings. The van der Waals surface area contributed by atoms with E-state index in [1.807, 2.05) is 6.92 Å². The van der Waals surface area contributed by atoms with Crippen LogP contribution in [0.15, 0.2) is 5.38 Å². The molecule has 0 aliphatic carbocycles. The van der Waals surface area contributed by atoms with Crippen molar-refractivity contribution >= 4 is 32.6 Å². The van der Waals surface area contributed by atoms with Gasteiger partial charge < -0.3 is 5.11 Å². The minimum atomic E-state index is -3.57. The van der Waals surface area contributed by atoms with Crippen LogP contribution in [0, 0.1) is 0 Å². The predicted molar refractivity (Wildman–Crippen MR) is 82.8 cm³/mol. The maximum absolute atomic E-state index is 12.0. The van der Waals surface area contributed by atoms with E-state index in [2.05, 4.69) is 9.71 Å². The van der Waals surface area contributed by atoms with Gasteiger partial charge in [0.25, 0.3) is 0 Å². The van der Waals surface area contributed by atoms with Crippen LogP contribution in [-0.2, 0) is 21.4 Å². The van der Waals surface area contributed by atoms with E-state index in [0.717, 1.165) is 12.8 Å². The molecule has 0 bridgehead atoms. The number of thiazole rings is 1. The van der Waals surface area contributed by atoms with Crippen LogP contribution in [-0.4, -0.2) is 42.4 Å². The molecule has 0 fully saturated rings. The first-order valence-electron chi connectivity index (χ1n) is 6.75. The van der Waals surface area contributed by atoms with Gasteiger partial charge >= 0.3 is 16.2 Å². The molecule has 0 spiro atoms. The number of nitrogens with zero attached hydrogens (tertiary/aromatic N) is 2. The Hall–Kier alpha value is -1.19. The fourth-order valence-electron chi connectivity index (χ4n) is 1.58. The lowest BCUT2D eigenvalue weighted by Crippen LogP contribution is -2.33. The van der Waals surface area contributed by atoms with Crippen molar-refractivity contribution < 1.29 is 18.3 Å². The fourth-order valence-corrected chi connectivity index (χ4v) is 3.47. The van der Waals surface area contributed by atoms with Crippen LogP contribution < -0.4 is 4.72 Å². The van der Waals surface area contributed by atoms with Crippen LogP contribution in [0.2, 0.25) is 0 Å². The number of unbranched alkanes of at least 4 members (excludes halogenated alkanes) is 1. The minimum absolute atomic E-state index is 0.0817. The molecule has 1 rings (SSSR count). The molecule has 9 heteroatoms. The minimum Gasteiger partial charge on any atom is -0.481 e. The Kier molecular flexibility index (Phi) is 7.06. The van der Waals surface area contributed by atoms with Crippen LogP contribution in [0.1, 0.15) is 38.3 Å². The van der Waals surface area contributed by atoms with Gasteiger partial charge in [-0.05, 0) is 19.3 Å². The molecule has 1 heterocycles. The van der Waals surface area contributed by atoms with Gasteiger partial charge in [0.15, 0.2) is 5.13 Å². The lowest BCUT2D eigenvalue weighted by atomic mass is 10.2. The van der Waals surface area contributed by atoms with Crippen molar-refractivity contribution in [3.8, 4) is 0 Å². The number of aryl methyl sites for hydroxylation is 1. The zero-order chi connectivity index (χ0) is 15.9. The van der Waals surface area contributed by atoms with Gasteiger partial charge in [-0.1, -0.05) is 13.3 Å². The third kappa shape index (κ3) is 6.40. The molecule has 2 N–H and O–H groups in total. The van der Waals surface area contributed by atoms with Gasteiger partial charge in [0.1, 0.15) is 0 Å². The molecule has 0 aliphatic heterocycles. The highest BCUT2D eigenvalue weighted by molar-refractivity contribution is 7.90. The van der Waals surface area contributed by atoms with Gasteiger partial charge in [0.2, 0.25) is 0 Å². The van der Waals surface area contributed by atoms with Crippen molar-refractivity contribution in [1.82, 2.24) is 9.29 Å². The summed E-state index contributed by atoms with van der Waals surface area (Å²) in [5.74, 6) is -0.844. The number of aliphatic carboxylic acids is 1. The Bertz CT molecular complexity index is 557. The molecule has 120 valence electrons. The summed E-state index contributed by atoms with van der Waals surface area (Å²) in [6.07, 6.45) is 2.82. The molecule has 0 radical (unpaired) electrons. The maximum atomic E-state index is 12.0. The first-order chi connectivity index (χ1) is 9.85. The smallest absolute Gasteiger partial charge is 0.303 e. The van der Waals surface area contributed by atoms with Crippen LogP contribution in [0.25, 0.3) is 0 Å². The van der Waals surface area contributed by atoms with Gasteiger partial charge in [0, 0.05) is 25.4 Å². The first-order valence-corrected chi connectivity index (χ1v) is 9.07. The second kappa shape index (κ2) is 8.30. The molecule has 0 amide bonds. The van der Waals surface area contributed by atoms with Crippen LogP contribution >= 0.6 is 11.3 Å². The van der Waals surface area contributed by atoms with E-state index in [9.17, 15) is 13.2 Å². The number of hydrogen-bond donors (Lipinski definition) is 2. The summed E-state index contributed by atoms with van der Waals surface area (Å²) < 4.78 is 27.7. The average molecular weight is 335 g/mol. The zero-order valence-corrected chi connectivity index (χ0v) is 13.8. The molecule has 21 heavy (non-hydrogen) atoms. The molecule has 0 aromatic carbocycles. The number of carboxylic acids is 1. The van der Waals surface area contributed by atoms with Crippen molar-refractivity contribution in [3.63, 3.8) is 0 Å². The molecule has 0 atom stereocenters. The number of aromatic nitrogens is 1. The summed E-state index contributed by atoms with van der Waals surface area (Å²) in [5.41, 5.74) is 0.704. The van der Waals surface area contributed by atoms with E-state index in [1.165, 1.54) is 22.7 Å². The zero-order valence-electron chi connectivity index (χ0n) is 12.2. The standard InChI is InChI=1S/C12H21N3O4S2/c1-3-4-8-15(2)21(18,19)14-12-13-10(9-20-12)6-5-7-11(16)17/h9H,3-8H2,1-2H3,(H,13,14)(H,16,17). The highest BCUT2D eigenvalue weighted by atomic mass is 32.2. The number of rotatable bonds is 10. The number of carbonyl (C=O) groups is 1. The van der Waals surface area contributed by atoms with Crippen molar-refractivity contribution in [2.24, 2.45) is 0 Å². The Balaban J connectivity index is 2.55. The van der Waals surface area contributed by atoms with Gasteiger partial charge in [-0.25, -0.2) is 9.71 Å². The molecule has 0 saturated carbocycles. The number of nitrogens with one attached hydrogen (secondary N) is 1. The fraction of sp³-hybridized carbons (Fsp3) is 0.667. The number of hydrogen-bond acceptors (Lipinski definition) is 5. The molecule has 1 aromatic heterocycles. The second-order valence-corrected chi connectivity index (χ2v) is 7.31. The third-order valence-electron chi connectivity index (χ3n) is 2.83. The van der Waals surface area contributed by atoms with E-state index >= 15 is 0 Å². The second-order valence-electron chi connectivity index (χ2n) is 4.67.